The topological polar surface area (TPSA) is 76.2 Å². The van der Waals surface area contributed by atoms with Crippen molar-refractivity contribution < 1.29 is 14.3 Å². The van der Waals surface area contributed by atoms with Gasteiger partial charge in [0.25, 0.3) is 5.22 Å². The Balaban J connectivity index is 2.40. The fourth-order valence-corrected chi connectivity index (χ4v) is 1.43. The summed E-state index contributed by atoms with van der Waals surface area (Å²) in [4.78, 5) is 10.2. The molecule has 0 spiro atoms. The zero-order valence-electron chi connectivity index (χ0n) is 8.06. The van der Waals surface area contributed by atoms with Crippen LogP contribution < -0.4 is 0 Å². The first-order valence-electron chi connectivity index (χ1n) is 4.27. The second kappa shape index (κ2) is 4.99. The summed E-state index contributed by atoms with van der Waals surface area (Å²) in [7, 11) is 0. The predicted octanol–water partition coefficient (Wildman–Crippen LogP) is 1.76. The third-order valence-corrected chi connectivity index (χ3v) is 2.28. The Morgan fingerprint density at radius 2 is 2.29 bits per heavy atom. The molecule has 1 aromatic heterocycles. The standard InChI is InChI=1S/C8H12N2O3S/c1-5(2)7-9-10-8(13-7)14-4-3-6(11)12/h5H,3-4H2,1-2H3,(H,11,12). The van der Waals surface area contributed by atoms with E-state index in [1.54, 1.807) is 0 Å². The molecule has 0 aromatic carbocycles. The number of thioether (sulfide) groups is 1. The van der Waals surface area contributed by atoms with E-state index in [-0.39, 0.29) is 12.3 Å². The maximum atomic E-state index is 10.2. The lowest BCUT2D eigenvalue weighted by molar-refractivity contribution is -0.136. The first-order valence-corrected chi connectivity index (χ1v) is 5.26. The lowest BCUT2D eigenvalue weighted by Gasteiger charge is -1.94. The average molecular weight is 216 g/mol. The van der Waals surface area contributed by atoms with E-state index in [2.05, 4.69) is 10.2 Å². The van der Waals surface area contributed by atoms with Crippen LogP contribution in [0.25, 0.3) is 0 Å². The number of carbonyl (C=O) groups is 1. The van der Waals surface area contributed by atoms with Gasteiger partial charge in [0, 0.05) is 11.7 Å². The highest BCUT2D eigenvalue weighted by molar-refractivity contribution is 7.99. The molecule has 0 amide bonds. The number of aliphatic carboxylic acids is 1. The number of rotatable bonds is 5. The van der Waals surface area contributed by atoms with Gasteiger partial charge in [-0.05, 0) is 0 Å². The fraction of sp³-hybridized carbons (Fsp3) is 0.625. The Bertz CT molecular complexity index is 311. The minimum atomic E-state index is -0.818. The first-order chi connectivity index (χ1) is 6.59. The Morgan fingerprint density at radius 3 is 2.79 bits per heavy atom. The van der Waals surface area contributed by atoms with Crippen LogP contribution in [-0.4, -0.2) is 27.0 Å². The lowest BCUT2D eigenvalue weighted by Crippen LogP contribution is -1.95. The molecule has 78 valence electrons. The van der Waals surface area contributed by atoms with E-state index in [9.17, 15) is 4.79 Å². The second-order valence-electron chi connectivity index (χ2n) is 3.05. The maximum absolute atomic E-state index is 10.2. The molecule has 1 rings (SSSR count). The van der Waals surface area contributed by atoms with E-state index in [0.29, 0.717) is 16.9 Å². The summed E-state index contributed by atoms with van der Waals surface area (Å²) in [5, 5.41) is 16.5. The molecule has 0 aliphatic carbocycles. The summed E-state index contributed by atoms with van der Waals surface area (Å²) >= 11 is 1.27. The first kappa shape index (κ1) is 11.0. The van der Waals surface area contributed by atoms with E-state index < -0.39 is 5.97 Å². The number of nitrogens with zero attached hydrogens (tertiary/aromatic N) is 2. The molecule has 0 bridgehead atoms. The van der Waals surface area contributed by atoms with Crippen molar-refractivity contribution in [2.24, 2.45) is 0 Å². The molecule has 6 heteroatoms. The molecule has 0 saturated carbocycles. The zero-order chi connectivity index (χ0) is 10.6. The van der Waals surface area contributed by atoms with Crippen LogP contribution in [0.4, 0.5) is 0 Å². The van der Waals surface area contributed by atoms with Crippen molar-refractivity contribution in [2.45, 2.75) is 31.4 Å². The highest BCUT2D eigenvalue weighted by atomic mass is 32.2. The Labute approximate surface area is 85.9 Å². The molecule has 0 aliphatic rings. The van der Waals surface area contributed by atoms with Crippen LogP contribution in [0.3, 0.4) is 0 Å². The third-order valence-electron chi connectivity index (χ3n) is 1.46. The molecule has 0 aliphatic heterocycles. The van der Waals surface area contributed by atoms with Gasteiger partial charge in [0.1, 0.15) is 0 Å². The van der Waals surface area contributed by atoms with Crippen LogP contribution in [0.1, 0.15) is 32.1 Å². The molecule has 14 heavy (non-hydrogen) atoms. The average Bonchev–Trinajstić information content (AvgIpc) is 2.52. The van der Waals surface area contributed by atoms with E-state index in [0.717, 1.165) is 0 Å². The Hall–Kier alpha value is -1.04. The Morgan fingerprint density at radius 1 is 1.57 bits per heavy atom. The number of carboxylic acids is 1. The van der Waals surface area contributed by atoms with E-state index >= 15 is 0 Å². The van der Waals surface area contributed by atoms with Gasteiger partial charge in [-0.3, -0.25) is 4.79 Å². The summed E-state index contributed by atoms with van der Waals surface area (Å²) < 4.78 is 5.27. The SMILES string of the molecule is CC(C)c1nnc(SCCC(=O)O)o1. The smallest absolute Gasteiger partial charge is 0.304 e. The maximum Gasteiger partial charge on any atom is 0.304 e. The van der Waals surface area contributed by atoms with Gasteiger partial charge in [-0.1, -0.05) is 25.6 Å². The molecule has 5 nitrogen and oxygen atoms in total. The molecular formula is C8H12N2O3S. The monoisotopic (exact) mass is 216 g/mol. The summed E-state index contributed by atoms with van der Waals surface area (Å²) in [6.07, 6.45) is 0.101. The van der Waals surface area contributed by atoms with Crippen molar-refractivity contribution in [3.05, 3.63) is 5.89 Å². The van der Waals surface area contributed by atoms with Gasteiger partial charge in [0.05, 0.1) is 6.42 Å². The van der Waals surface area contributed by atoms with Gasteiger partial charge in [0.15, 0.2) is 0 Å². The predicted molar refractivity (Wildman–Crippen MR) is 51.4 cm³/mol. The van der Waals surface area contributed by atoms with Crippen LogP contribution >= 0.6 is 11.8 Å². The number of hydrogen-bond acceptors (Lipinski definition) is 5. The molecule has 0 radical (unpaired) electrons. The Kier molecular flexibility index (Phi) is 3.94. The highest BCUT2D eigenvalue weighted by Gasteiger charge is 2.10. The minimum Gasteiger partial charge on any atom is -0.481 e. The van der Waals surface area contributed by atoms with Crippen molar-refractivity contribution in [1.29, 1.82) is 0 Å². The van der Waals surface area contributed by atoms with Gasteiger partial charge in [-0.2, -0.15) is 0 Å². The lowest BCUT2D eigenvalue weighted by atomic mass is 10.2. The minimum absolute atomic E-state index is 0.101. The van der Waals surface area contributed by atoms with Crippen LogP contribution in [0.15, 0.2) is 9.64 Å². The second-order valence-corrected chi connectivity index (χ2v) is 4.10. The fourth-order valence-electron chi connectivity index (χ4n) is 0.738. The third kappa shape index (κ3) is 3.37. The summed E-state index contributed by atoms with van der Waals surface area (Å²) in [5.74, 6) is 0.426. The van der Waals surface area contributed by atoms with E-state index in [1.807, 2.05) is 13.8 Å². The van der Waals surface area contributed by atoms with Crippen molar-refractivity contribution >= 4 is 17.7 Å². The van der Waals surface area contributed by atoms with Crippen molar-refractivity contribution in [2.75, 3.05) is 5.75 Å². The molecule has 0 fully saturated rings. The van der Waals surface area contributed by atoms with E-state index in [4.69, 9.17) is 9.52 Å². The molecule has 1 heterocycles. The van der Waals surface area contributed by atoms with Crippen LogP contribution in [0.5, 0.6) is 0 Å². The summed E-state index contributed by atoms with van der Waals surface area (Å²) in [5.41, 5.74) is 0. The summed E-state index contributed by atoms with van der Waals surface area (Å²) in [6.45, 7) is 3.92. The number of aromatic nitrogens is 2. The zero-order valence-corrected chi connectivity index (χ0v) is 8.87. The molecule has 0 atom stereocenters. The summed E-state index contributed by atoms with van der Waals surface area (Å²) in [6, 6.07) is 0. The number of hydrogen-bond donors (Lipinski definition) is 1. The van der Waals surface area contributed by atoms with Gasteiger partial charge < -0.3 is 9.52 Å². The van der Waals surface area contributed by atoms with Crippen molar-refractivity contribution in [1.82, 2.24) is 10.2 Å². The quantitative estimate of drug-likeness (QED) is 0.756. The molecule has 0 saturated heterocycles. The van der Waals surface area contributed by atoms with Crippen LogP contribution in [0.2, 0.25) is 0 Å². The largest absolute Gasteiger partial charge is 0.481 e. The van der Waals surface area contributed by atoms with Gasteiger partial charge >= 0.3 is 5.97 Å². The van der Waals surface area contributed by atoms with Gasteiger partial charge in [-0.25, -0.2) is 0 Å². The van der Waals surface area contributed by atoms with Gasteiger partial charge in [0.2, 0.25) is 5.89 Å². The van der Waals surface area contributed by atoms with E-state index in [1.165, 1.54) is 11.8 Å². The van der Waals surface area contributed by atoms with Gasteiger partial charge in [-0.15, -0.1) is 10.2 Å². The van der Waals surface area contributed by atoms with Crippen molar-refractivity contribution in [3.8, 4) is 0 Å². The molecular weight excluding hydrogens is 204 g/mol. The molecule has 1 aromatic rings. The highest BCUT2D eigenvalue weighted by Crippen LogP contribution is 2.20. The van der Waals surface area contributed by atoms with Crippen molar-refractivity contribution in [3.63, 3.8) is 0 Å². The number of carboxylic acid groups (broad SMARTS) is 1. The molecule has 1 N–H and O–H groups in total. The normalized spacial score (nSPS) is 10.8. The van der Waals surface area contributed by atoms with Crippen LogP contribution in [-0.2, 0) is 4.79 Å². The van der Waals surface area contributed by atoms with Crippen LogP contribution in [0, 0.1) is 0 Å². The molecule has 0 unspecified atom stereocenters.